The van der Waals surface area contributed by atoms with Crippen molar-refractivity contribution in [2.24, 2.45) is 0 Å². The first kappa shape index (κ1) is 54.3. The molecule has 1 fully saturated rings. The molecule has 1 heterocycles. The summed E-state index contributed by atoms with van der Waals surface area (Å²) in [6, 6.07) is 0. The lowest BCUT2D eigenvalue weighted by atomic mass is 9.99. The Kier molecular flexibility index (Phi) is 34.8. The fourth-order valence-corrected chi connectivity index (χ4v) is 7.26. The van der Waals surface area contributed by atoms with Gasteiger partial charge < -0.3 is 34.3 Å². The second kappa shape index (κ2) is 37.1. The zero-order valence-corrected chi connectivity index (χ0v) is 36.9. The summed E-state index contributed by atoms with van der Waals surface area (Å²) in [5.41, 5.74) is 0. The van der Waals surface area contributed by atoms with Crippen LogP contribution in [0.2, 0.25) is 0 Å². The normalized spacial score (nSPS) is 20.8. The van der Waals surface area contributed by atoms with Crippen molar-refractivity contribution in [3.05, 3.63) is 36.5 Å². The average Bonchev–Trinajstić information content (AvgIpc) is 3.19. The zero-order chi connectivity index (χ0) is 42.5. The Bertz CT molecular complexity index is 1160. The van der Waals surface area contributed by atoms with Gasteiger partial charge in [-0.1, -0.05) is 140 Å². The molecular formula is C45H82O12S. The highest BCUT2D eigenvalue weighted by molar-refractivity contribution is 7.80. The van der Waals surface area contributed by atoms with Crippen molar-refractivity contribution in [2.75, 3.05) is 26.4 Å². The van der Waals surface area contributed by atoms with Crippen LogP contribution in [0.1, 0.15) is 181 Å². The van der Waals surface area contributed by atoms with E-state index in [1.54, 1.807) is 0 Å². The molecule has 0 aromatic carbocycles. The number of hydrogen-bond donors (Lipinski definition) is 4. The number of hydrogen-bond acceptors (Lipinski definition) is 11. The summed E-state index contributed by atoms with van der Waals surface area (Å²) in [4.78, 5) is 12.8. The van der Waals surface area contributed by atoms with Gasteiger partial charge in [-0.05, 0) is 70.6 Å². The molecule has 0 bridgehead atoms. The molecule has 340 valence electrons. The highest BCUT2D eigenvalue weighted by atomic mass is 32.3. The van der Waals surface area contributed by atoms with Crippen LogP contribution >= 0.6 is 0 Å². The topological polar surface area (TPSA) is 178 Å². The maximum Gasteiger partial charge on any atom is 0.397 e. The molecule has 1 saturated heterocycles. The third-order valence-corrected chi connectivity index (χ3v) is 10.7. The molecule has 0 saturated carbocycles. The van der Waals surface area contributed by atoms with Gasteiger partial charge in [-0.2, -0.15) is 8.42 Å². The first-order valence-corrected chi connectivity index (χ1v) is 24.1. The quantitative estimate of drug-likeness (QED) is 0.0200. The van der Waals surface area contributed by atoms with Crippen LogP contribution in [-0.4, -0.2) is 97.5 Å². The number of rotatable bonds is 39. The molecule has 0 amide bonds. The van der Waals surface area contributed by atoms with Crippen LogP contribution in [0.3, 0.4) is 0 Å². The van der Waals surface area contributed by atoms with Crippen LogP contribution in [0.5, 0.6) is 0 Å². The first-order chi connectivity index (χ1) is 28.1. The second-order valence-electron chi connectivity index (χ2n) is 15.6. The van der Waals surface area contributed by atoms with Gasteiger partial charge in [0, 0.05) is 13.0 Å². The molecule has 13 heteroatoms. The Morgan fingerprint density at radius 1 is 0.655 bits per heavy atom. The molecule has 0 aromatic heterocycles. The van der Waals surface area contributed by atoms with Crippen molar-refractivity contribution in [3.8, 4) is 0 Å². The average molecular weight is 847 g/mol. The molecule has 0 aliphatic carbocycles. The van der Waals surface area contributed by atoms with E-state index in [4.69, 9.17) is 23.5 Å². The number of carbonyl (C=O) groups is 1. The number of esters is 1. The summed E-state index contributed by atoms with van der Waals surface area (Å²) in [5, 5.41) is 30.6. The van der Waals surface area contributed by atoms with E-state index in [-0.39, 0.29) is 19.6 Å². The molecular weight excluding hydrogens is 765 g/mol. The summed E-state index contributed by atoms with van der Waals surface area (Å²) in [5.74, 6) is -0.410. The molecule has 12 nitrogen and oxygen atoms in total. The monoisotopic (exact) mass is 847 g/mol. The maximum absolute atomic E-state index is 12.8. The number of ether oxygens (including phenoxy) is 4. The van der Waals surface area contributed by atoms with Crippen molar-refractivity contribution in [1.82, 2.24) is 0 Å². The lowest BCUT2D eigenvalue weighted by molar-refractivity contribution is -0.301. The molecule has 1 rings (SSSR count). The number of unbranched alkanes of at least 4 members (excludes halogenated alkanes) is 20. The summed E-state index contributed by atoms with van der Waals surface area (Å²) in [6.07, 6.45) is 33.1. The van der Waals surface area contributed by atoms with Gasteiger partial charge in [0.05, 0.1) is 19.8 Å². The Labute approximate surface area is 352 Å². The van der Waals surface area contributed by atoms with Crippen LogP contribution < -0.4 is 0 Å². The minimum absolute atomic E-state index is 0.0289. The van der Waals surface area contributed by atoms with Gasteiger partial charge in [-0.15, -0.1) is 0 Å². The van der Waals surface area contributed by atoms with E-state index >= 15 is 0 Å². The molecule has 0 radical (unpaired) electrons. The van der Waals surface area contributed by atoms with E-state index in [9.17, 15) is 28.5 Å². The Morgan fingerprint density at radius 2 is 1.14 bits per heavy atom. The first-order valence-electron chi connectivity index (χ1n) is 22.7. The van der Waals surface area contributed by atoms with E-state index in [0.29, 0.717) is 13.0 Å². The van der Waals surface area contributed by atoms with E-state index < -0.39 is 59.8 Å². The molecule has 1 aliphatic heterocycles. The van der Waals surface area contributed by atoms with Crippen molar-refractivity contribution < 1.29 is 56.2 Å². The largest absolute Gasteiger partial charge is 0.457 e. The number of carbonyl (C=O) groups excluding carboxylic acids is 1. The molecule has 1 aliphatic rings. The van der Waals surface area contributed by atoms with Crippen LogP contribution in [0.15, 0.2) is 36.5 Å². The molecule has 6 atom stereocenters. The van der Waals surface area contributed by atoms with Crippen molar-refractivity contribution in [3.63, 3.8) is 0 Å². The molecule has 0 aromatic rings. The smallest absolute Gasteiger partial charge is 0.397 e. The standard InChI is InChI=1S/C45H82O12S/c1-3-5-7-9-11-13-15-17-18-19-20-21-22-24-26-28-30-32-34-41(47)55-39(37-53-35-33-31-29-27-25-23-16-14-12-10-8-6-4-2)38-54-45-43(49)44(57-58(50,51)52)42(48)40(36-46)56-45/h12-15,18-19,39-40,42-46,48-49H,3-11,16-17,20-38H2,1-2H3,(H,50,51,52)/b14-12-,15-13-,19-18-. The van der Waals surface area contributed by atoms with Gasteiger partial charge in [0.1, 0.15) is 30.5 Å². The van der Waals surface area contributed by atoms with Gasteiger partial charge in [-0.3, -0.25) is 9.35 Å². The van der Waals surface area contributed by atoms with Crippen LogP contribution in [-0.2, 0) is 38.3 Å². The Morgan fingerprint density at radius 3 is 1.69 bits per heavy atom. The second-order valence-corrected chi connectivity index (χ2v) is 16.7. The maximum atomic E-state index is 12.8. The SMILES string of the molecule is CCCCC/C=C\CCCCCCCCOCC(COC1OC(CO)C(O)C(OS(=O)(=O)O)C1O)OC(=O)CCCCCCCCC/C=C\C/C=C\CCCCCC. The summed E-state index contributed by atoms with van der Waals surface area (Å²) < 4.78 is 59.0. The Balaban J connectivity index is 2.43. The minimum atomic E-state index is -5.06. The zero-order valence-electron chi connectivity index (χ0n) is 36.1. The molecule has 6 unspecified atom stereocenters. The predicted octanol–water partition coefficient (Wildman–Crippen LogP) is 9.41. The lowest BCUT2D eigenvalue weighted by Crippen LogP contribution is -2.60. The van der Waals surface area contributed by atoms with Gasteiger partial charge in [-0.25, -0.2) is 4.18 Å². The number of aliphatic hydroxyl groups is 3. The predicted molar refractivity (Wildman–Crippen MR) is 230 cm³/mol. The van der Waals surface area contributed by atoms with Crippen molar-refractivity contribution in [2.45, 2.75) is 218 Å². The van der Waals surface area contributed by atoms with Crippen molar-refractivity contribution >= 4 is 16.4 Å². The third kappa shape index (κ3) is 30.4. The minimum Gasteiger partial charge on any atom is -0.457 e. The van der Waals surface area contributed by atoms with E-state index in [1.165, 1.54) is 96.3 Å². The van der Waals surface area contributed by atoms with E-state index in [1.807, 2.05) is 0 Å². The van der Waals surface area contributed by atoms with Crippen LogP contribution in [0.4, 0.5) is 0 Å². The molecule has 58 heavy (non-hydrogen) atoms. The molecule has 4 N–H and O–H groups in total. The highest BCUT2D eigenvalue weighted by Crippen LogP contribution is 2.26. The van der Waals surface area contributed by atoms with Crippen LogP contribution in [0.25, 0.3) is 0 Å². The number of aliphatic hydroxyl groups excluding tert-OH is 3. The molecule has 0 spiro atoms. The summed E-state index contributed by atoms with van der Waals surface area (Å²) in [7, 11) is -5.06. The Hall–Kier alpha value is -1.68. The third-order valence-electron chi connectivity index (χ3n) is 10.2. The van der Waals surface area contributed by atoms with E-state index in [2.05, 4.69) is 54.5 Å². The highest BCUT2D eigenvalue weighted by Gasteiger charge is 2.48. The van der Waals surface area contributed by atoms with Gasteiger partial charge in [0.25, 0.3) is 0 Å². The van der Waals surface area contributed by atoms with Gasteiger partial charge in [0.15, 0.2) is 6.29 Å². The van der Waals surface area contributed by atoms with Crippen molar-refractivity contribution in [1.29, 1.82) is 0 Å². The van der Waals surface area contributed by atoms with Gasteiger partial charge in [0.2, 0.25) is 0 Å². The summed E-state index contributed by atoms with van der Waals surface area (Å²) >= 11 is 0. The fraction of sp³-hybridized carbons (Fsp3) is 0.844. The summed E-state index contributed by atoms with van der Waals surface area (Å²) in [6.45, 7) is 3.93. The lowest BCUT2D eigenvalue weighted by Gasteiger charge is -2.41. The van der Waals surface area contributed by atoms with E-state index in [0.717, 1.165) is 57.8 Å². The van der Waals surface area contributed by atoms with Crippen LogP contribution in [0, 0.1) is 0 Å². The number of allylic oxidation sites excluding steroid dienone is 6. The van der Waals surface area contributed by atoms with Gasteiger partial charge >= 0.3 is 16.4 Å². The fourth-order valence-electron chi connectivity index (χ4n) is 6.76.